The van der Waals surface area contributed by atoms with E-state index in [0.717, 1.165) is 12.2 Å². The fourth-order valence-electron chi connectivity index (χ4n) is 2.12. The number of hydrogen-bond donors (Lipinski definition) is 2. The van der Waals surface area contributed by atoms with Crippen molar-refractivity contribution in [2.75, 3.05) is 20.1 Å². The molecule has 0 spiro atoms. The topological polar surface area (TPSA) is 61.7 Å². The zero-order chi connectivity index (χ0) is 17.6. The van der Waals surface area contributed by atoms with Gasteiger partial charge in [0.05, 0.1) is 11.6 Å². The largest absolute Gasteiger partial charge is 0.357 e. The van der Waals surface area contributed by atoms with Gasteiger partial charge in [0, 0.05) is 38.1 Å². The van der Waals surface area contributed by atoms with Gasteiger partial charge in [-0.2, -0.15) is 0 Å². The van der Waals surface area contributed by atoms with E-state index in [1.807, 2.05) is 63.5 Å². The summed E-state index contributed by atoms with van der Waals surface area (Å²) < 4.78 is 1.98. The van der Waals surface area contributed by atoms with Crippen molar-refractivity contribution < 1.29 is 4.79 Å². The van der Waals surface area contributed by atoms with Gasteiger partial charge in [0.25, 0.3) is 0 Å². The van der Waals surface area contributed by atoms with Crippen LogP contribution in [0.3, 0.4) is 0 Å². The fraction of sp³-hybridized carbons (Fsp3) is 0.625. The lowest BCUT2D eigenvalue weighted by molar-refractivity contribution is -0.121. The van der Waals surface area contributed by atoms with E-state index in [2.05, 4.69) is 15.6 Å². The fourth-order valence-corrected chi connectivity index (χ4v) is 2.39. The second-order valence-corrected chi connectivity index (χ2v) is 7.02. The van der Waals surface area contributed by atoms with E-state index in [1.54, 1.807) is 0 Å². The number of aliphatic imine (C=N–C) groups is 1. The molecule has 0 aliphatic heterocycles. The molecule has 0 bridgehead atoms. The number of nitrogens with zero attached hydrogens (tertiary/aromatic N) is 3. The van der Waals surface area contributed by atoms with Gasteiger partial charge in [0.1, 0.15) is 6.54 Å². The number of rotatable bonds is 5. The number of nitrogens with one attached hydrogen (secondary N) is 2. The molecule has 0 aromatic carbocycles. The van der Waals surface area contributed by atoms with Gasteiger partial charge in [0.2, 0.25) is 5.91 Å². The maximum Gasteiger partial charge on any atom is 0.242 e. The Morgan fingerprint density at radius 1 is 1.43 bits per heavy atom. The third-order valence-corrected chi connectivity index (χ3v) is 3.26. The Kier molecular flexibility index (Phi) is 6.94. The molecule has 0 saturated heterocycles. The molecular formula is C16H28ClN5O. The second-order valence-electron chi connectivity index (χ2n) is 6.58. The third kappa shape index (κ3) is 6.95. The van der Waals surface area contributed by atoms with Gasteiger partial charge >= 0.3 is 0 Å². The van der Waals surface area contributed by atoms with Crippen molar-refractivity contribution in [2.45, 2.75) is 39.8 Å². The Labute approximate surface area is 143 Å². The number of amides is 1. The highest BCUT2D eigenvalue weighted by molar-refractivity contribution is 6.30. The van der Waals surface area contributed by atoms with Gasteiger partial charge in [-0.25, -0.2) is 4.99 Å². The molecule has 1 aromatic rings. The Morgan fingerprint density at radius 3 is 2.57 bits per heavy atom. The van der Waals surface area contributed by atoms with Crippen LogP contribution in [0.4, 0.5) is 0 Å². The summed E-state index contributed by atoms with van der Waals surface area (Å²) in [4.78, 5) is 18.3. The molecule has 0 radical (unpaired) electrons. The summed E-state index contributed by atoms with van der Waals surface area (Å²) >= 11 is 6.02. The monoisotopic (exact) mass is 341 g/mol. The summed E-state index contributed by atoms with van der Waals surface area (Å²) in [6.07, 6.45) is 1.87. The first kappa shape index (κ1) is 19.4. The zero-order valence-corrected chi connectivity index (χ0v) is 15.7. The molecule has 0 aliphatic rings. The molecule has 1 heterocycles. The lowest BCUT2D eigenvalue weighted by Crippen LogP contribution is -2.43. The molecule has 2 N–H and O–H groups in total. The number of carbonyl (C=O) groups is 1. The van der Waals surface area contributed by atoms with Crippen LogP contribution < -0.4 is 10.6 Å². The van der Waals surface area contributed by atoms with Crippen molar-refractivity contribution >= 4 is 23.5 Å². The molecule has 0 aliphatic carbocycles. The standard InChI is InChI=1S/C16H28ClN5O/c1-7-18-15(19-9-14(23)20-16(2,3)4)22(6)11-13-8-12(17)10-21(13)5/h8,10H,7,9,11H2,1-6H3,(H,18,19)(H,20,23). The van der Waals surface area contributed by atoms with E-state index >= 15 is 0 Å². The van der Waals surface area contributed by atoms with E-state index in [-0.39, 0.29) is 18.0 Å². The molecule has 0 atom stereocenters. The summed E-state index contributed by atoms with van der Waals surface area (Å²) in [6, 6.07) is 1.92. The maximum atomic E-state index is 11.9. The molecule has 0 saturated carbocycles. The van der Waals surface area contributed by atoms with Gasteiger partial charge in [0.15, 0.2) is 5.96 Å². The number of aryl methyl sites for hydroxylation is 1. The first-order valence-corrected chi connectivity index (χ1v) is 8.11. The van der Waals surface area contributed by atoms with Crippen molar-refractivity contribution in [3.8, 4) is 0 Å². The predicted octanol–water partition coefficient (Wildman–Crippen LogP) is 1.99. The number of aromatic nitrogens is 1. The number of hydrogen-bond acceptors (Lipinski definition) is 2. The average Bonchev–Trinajstić information content (AvgIpc) is 2.70. The Morgan fingerprint density at radius 2 is 2.09 bits per heavy atom. The first-order chi connectivity index (χ1) is 10.6. The highest BCUT2D eigenvalue weighted by Gasteiger charge is 2.14. The lowest BCUT2D eigenvalue weighted by Gasteiger charge is -2.23. The Hall–Kier alpha value is -1.69. The van der Waals surface area contributed by atoms with E-state index < -0.39 is 0 Å². The first-order valence-electron chi connectivity index (χ1n) is 7.73. The van der Waals surface area contributed by atoms with Crippen LogP contribution in [0.15, 0.2) is 17.3 Å². The van der Waals surface area contributed by atoms with Gasteiger partial charge in [-0.1, -0.05) is 11.6 Å². The molecular weight excluding hydrogens is 314 g/mol. The van der Waals surface area contributed by atoms with Crippen LogP contribution in [0.2, 0.25) is 5.02 Å². The highest BCUT2D eigenvalue weighted by atomic mass is 35.5. The van der Waals surface area contributed by atoms with Crippen molar-refractivity contribution in [3.63, 3.8) is 0 Å². The minimum atomic E-state index is -0.253. The molecule has 0 fully saturated rings. The van der Waals surface area contributed by atoms with Crippen LogP contribution in [-0.2, 0) is 18.4 Å². The van der Waals surface area contributed by atoms with E-state index in [0.29, 0.717) is 17.5 Å². The van der Waals surface area contributed by atoms with Crippen LogP contribution in [-0.4, -0.2) is 47.0 Å². The molecule has 130 valence electrons. The van der Waals surface area contributed by atoms with Gasteiger partial charge in [-0.3, -0.25) is 4.79 Å². The van der Waals surface area contributed by atoms with Gasteiger partial charge in [-0.05, 0) is 33.8 Å². The van der Waals surface area contributed by atoms with E-state index in [9.17, 15) is 4.79 Å². The number of carbonyl (C=O) groups excluding carboxylic acids is 1. The maximum absolute atomic E-state index is 11.9. The average molecular weight is 342 g/mol. The lowest BCUT2D eigenvalue weighted by atomic mass is 10.1. The van der Waals surface area contributed by atoms with Crippen molar-refractivity contribution in [1.29, 1.82) is 0 Å². The van der Waals surface area contributed by atoms with E-state index in [4.69, 9.17) is 11.6 Å². The van der Waals surface area contributed by atoms with Crippen LogP contribution in [0.25, 0.3) is 0 Å². The summed E-state index contributed by atoms with van der Waals surface area (Å²) in [7, 11) is 3.89. The third-order valence-electron chi connectivity index (χ3n) is 3.06. The number of guanidine groups is 1. The van der Waals surface area contributed by atoms with Gasteiger partial charge < -0.3 is 20.1 Å². The Bertz CT molecular complexity index is 559. The predicted molar refractivity (Wildman–Crippen MR) is 95.8 cm³/mol. The van der Waals surface area contributed by atoms with Crippen LogP contribution >= 0.6 is 11.6 Å². The summed E-state index contributed by atoms with van der Waals surface area (Å²) in [5, 5.41) is 6.82. The molecule has 0 unspecified atom stereocenters. The summed E-state index contributed by atoms with van der Waals surface area (Å²) in [5.74, 6) is 0.595. The van der Waals surface area contributed by atoms with Crippen LogP contribution in [0.5, 0.6) is 0 Å². The molecule has 1 amide bonds. The smallest absolute Gasteiger partial charge is 0.242 e. The van der Waals surface area contributed by atoms with Gasteiger partial charge in [-0.15, -0.1) is 0 Å². The van der Waals surface area contributed by atoms with Crippen molar-refractivity contribution in [3.05, 3.63) is 23.0 Å². The van der Waals surface area contributed by atoms with Crippen LogP contribution in [0, 0.1) is 0 Å². The minimum Gasteiger partial charge on any atom is -0.357 e. The van der Waals surface area contributed by atoms with E-state index in [1.165, 1.54) is 0 Å². The molecule has 1 rings (SSSR count). The highest BCUT2D eigenvalue weighted by Crippen LogP contribution is 2.14. The second kappa shape index (κ2) is 8.24. The van der Waals surface area contributed by atoms with Crippen LogP contribution in [0.1, 0.15) is 33.4 Å². The quantitative estimate of drug-likeness (QED) is 0.636. The number of halogens is 1. The Balaban J connectivity index is 2.74. The molecule has 7 heteroatoms. The molecule has 1 aromatic heterocycles. The normalized spacial score (nSPS) is 12.2. The SMILES string of the molecule is CCNC(=NCC(=O)NC(C)(C)C)N(C)Cc1cc(Cl)cn1C. The minimum absolute atomic E-state index is 0.0942. The zero-order valence-electron chi connectivity index (χ0n) is 14.9. The van der Waals surface area contributed by atoms with Crippen molar-refractivity contribution in [2.24, 2.45) is 12.0 Å². The molecule has 23 heavy (non-hydrogen) atoms. The summed E-state index contributed by atoms with van der Waals surface area (Å²) in [5.41, 5.74) is 0.818. The summed E-state index contributed by atoms with van der Waals surface area (Å²) in [6.45, 7) is 9.32. The molecule has 6 nitrogen and oxygen atoms in total. The van der Waals surface area contributed by atoms with Crippen molar-refractivity contribution in [1.82, 2.24) is 20.1 Å².